The first-order valence-corrected chi connectivity index (χ1v) is 7.65. The second-order valence-electron chi connectivity index (χ2n) is 6.73. The molecule has 8 heteroatoms. The van der Waals surface area contributed by atoms with E-state index in [9.17, 15) is 27.5 Å². The van der Waals surface area contributed by atoms with Crippen molar-refractivity contribution in [1.82, 2.24) is 4.57 Å². The predicted octanol–water partition coefficient (Wildman–Crippen LogP) is 4.55. The number of aromatic nitrogens is 1. The Labute approximate surface area is 142 Å². The van der Waals surface area contributed by atoms with Crippen LogP contribution in [0.2, 0.25) is 0 Å². The fourth-order valence-corrected chi connectivity index (χ4v) is 2.55. The molecule has 1 N–H and O–H groups in total. The fourth-order valence-electron chi connectivity index (χ4n) is 2.55. The summed E-state index contributed by atoms with van der Waals surface area (Å²) in [6.07, 6.45) is -6.90. The van der Waals surface area contributed by atoms with E-state index in [-0.39, 0.29) is 22.2 Å². The van der Waals surface area contributed by atoms with Gasteiger partial charge < -0.3 is 9.84 Å². The number of halogens is 4. The second kappa shape index (κ2) is 6.67. The number of fused-ring (bicyclic) bond motifs is 1. The normalized spacial score (nSPS) is 12.6. The number of aliphatic hydroxyl groups excluding tert-OH is 1. The van der Waals surface area contributed by atoms with Crippen molar-refractivity contribution in [2.45, 2.75) is 52.0 Å². The van der Waals surface area contributed by atoms with Crippen molar-refractivity contribution < 1.29 is 32.2 Å². The molecule has 138 valence electrons. The Morgan fingerprint density at radius 2 is 1.84 bits per heavy atom. The smallest absolute Gasteiger partial charge is 0.419 e. The first-order valence-electron chi connectivity index (χ1n) is 7.65. The number of hydrogen-bond acceptors (Lipinski definition) is 3. The maximum atomic E-state index is 13.8. The van der Waals surface area contributed by atoms with Crippen LogP contribution in [0.4, 0.5) is 22.4 Å². The molecule has 1 aromatic heterocycles. The van der Waals surface area contributed by atoms with Crippen LogP contribution in [0.25, 0.3) is 10.9 Å². The lowest BCUT2D eigenvalue weighted by Crippen LogP contribution is -2.28. The number of benzene rings is 1. The molecule has 25 heavy (non-hydrogen) atoms. The fraction of sp³-hybridized carbons (Fsp3) is 0.471. The molecule has 0 fully saturated rings. The molecule has 0 saturated carbocycles. The van der Waals surface area contributed by atoms with Crippen LogP contribution in [0.1, 0.15) is 38.4 Å². The summed E-state index contributed by atoms with van der Waals surface area (Å²) in [6, 6.07) is 3.43. The Morgan fingerprint density at radius 3 is 2.36 bits per heavy atom. The summed E-state index contributed by atoms with van der Waals surface area (Å²) in [5.74, 6) is -0.712. The summed E-state index contributed by atoms with van der Waals surface area (Å²) in [4.78, 5) is 12.5. The Morgan fingerprint density at radius 1 is 1.20 bits per heavy atom. The number of ether oxygens (including phenoxy) is 1. The molecule has 0 unspecified atom stereocenters. The quantitative estimate of drug-likeness (QED) is 0.816. The van der Waals surface area contributed by atoms with E-state index in [2.05, 4.69) is 0 Å². The SMILES string of the molecule is CC(C)(C)OC(=O)n1c(CO)cc2cc(F)cc(CCC(F)(F)F)c21. The van der Waals surface area contributed by atoms with Crippen LogP contribution in [0, 0.1) is 5.82 Å². The van der Waals surface area contributed by atoms with Crippen LogP contribution in [0.15, 0.2) is 18.2 Å². The van der Waals surface area contributed by atoms with Gasteiger partial charge in [-0.15, -0.1) is 0 Å². The minimum atomic E-state index is -4.41. The highest BCUT2D eigenvalue weighted by atomic mass is 19.4. The number of alkyl halides is 3. The summed E-state index contributed by atoms with van der Waals surface area (Å²) in [5, 5.41) is 9.71. The van der Waals surface area contributed by atoms with Crippen LogP contribution in [-0.2, 0) is 17.8 Å². The molecule has 0 radical (unpaired) electrons. The van der Waals surface area contributed by atoms with Gasteiger partial charge in [0.2, 0.25) is 0 Å². The highest BCUT2D eigenvalue weighted by Crippen LogP contribution is 2.30. The first kappa shape index (κ1) is 19.2. The second-order valence-corrected chi connectivity index (χ2v) is 6.73. The number of carbonyl (C=O) groups is 1. The molecule has 0 aliphatic carbocycles. The number of aliphatic hydroxyl groups is 1. The van der Waals surface area contributed by atoms with E-state index < -0.39 is 43.1 Å². The maximum Gasteiger partial charge on any atom is 0.419 e. The summed E-state index contributed by atoms with van der Waals surface area (Å²) < 4.78 is 57.7. The zero-order chi connectivity index (χ0) is 19.0. The number of carbonyl (C=O) groups excluding carboxylic acids is 1. The Hall–Kier alpha value is -2.09. The molecule has 0 amide bonds. The zero-order valence-corrected chi connectivity index (χ0v) is 14.1. The van der Waals surface area contributed by atoms with Gasteiger partial charge in [0.05, 0.1) is 17.8 Å². The highest BCUT2D eigenvalue weighted by molar-refractivity contribution is 5.93. The van der Waals surface area contributed by atoms with Gasteiger partial charge in [-0.2, -0.15) is 13.2 Å². The van der Waals surface area contributed by atoms with Gasteiger partial charge in [-0.3, -0.25) is 0 Å². The lowest BCUT2D eigenvalue weighted by Gasteiger charge is -2.21. The molecule has 0 atom stereocenters. The number of hydrogen-bond donors (Lipinski definition) is 1. The Balaban J connectivity index is 2.60. The molecular formula is C17H19F4NO3. The van der Waals surface area contributed by atoms with Gasteiger partial charge in [0.15, 0.2) is 0 Å². The van der Waals surface area contributed by atoms with Gasteiger partial charge in [-0.1, -0.05) is 0 Å². The molecule has 0 saturated heterocycles. The van der Waals surface area contributed by atoms with E-state index in [0.717, 1.165) is 16.7 Å². The summed E-state index contributed by atoms with van der Waals surface area (Å²) in [7, 11) is 0. The van der Waals surface area contributed by atoms with Crippen LogP contribution < -0.4 is 0 Å². The van der Waals surface area contributed by atoms with E-state index in [1.165, 1.54) is 6.07 Å². The van der Waals surface area contributed by atoms with Gasteiger partial charge in [0.25, 0.3) is 0 Å². The Kier molecular flexibility index (Phi) is 5.13. The van der Waals surface area contributed by atoms with Crippen LogP contribution in [-0.4, -0.2) is 27.5 Å². The predicted molar refractivity (Wildman–Crippen MR) is 83.8 cm³/mol. The standard InChI is InChI=1S/C17H19F4NO3/c1-16(2,3)25-15(24)22-13(9-23)8-11-7-12(18)6-10(14(11)22)4-5-17(19,20)21/h6-8,23H,4-5,9H2,1-3H3. The van der Waals surface area contributed by atoms with Crippen LogP contribution >= 0.6 is 0 Å². The number of rotatable bonds is 3. The van der Waals surface area contributed by atoms with Crippen LogP contribution in [0.5, 0.6) is 0 Å². The van der Waals surface area contributed by atoms with E-state index >= 15 is 0 Å². The molecule has 0 bridgehead atoms. The molecule has 2 aromatic rings. The minimum Gasteiger partial charge on any atom is -0.443 e. The topological polar surface area (TPSA) is 51.5 Å². The molecule has 0 aliphatic rings. The van der Waals surface area contributed by atoms with Crippen molar-refractivity contribution in [1.29, 1.82) is 0 Å². The highest BCUT2D eigenvalue weighted by Gasteiger charge is 2.29. The summed E-state index contributed by atoms with van der Waals surface area (Å²) >= 11 is 0. The van der Waals surface area contributed by atoms with Crippen molar-refractivity contribution in [2.24, 2.45) is 0 Å². The molecular weight excluding hydrogens is 342 g/mol. The number of nitrogens with zero attached hydrogens (tertiary/aromatic N) is 1. The van der Waals surface area contributed by atoms with E-state index in [4.69, 9.17) is 4.74 Å². The van der Waals surface area contributed by atoms with E-state index in [0.29, 0.717) is 0 Å². The maximum absolute atomic E-state index is 13.8. The molecule has 0 spiro atoms. The van der Waals surface area contributed by atoms with Gasteiger partial charge in [0.1, 0.15) is 11.4 Å². The Bertz CT molecular complexity index is 788. The molecule has 0 aliphatic heterocycles. The van der Waals surface area contributed by atoms with Crippen molar-refractivity contribution in [2.75, 3.05) is 0 Å². The molecule has 4 nitrogen and oxygen atoms in total. The summed E-state index contributed by atoms with van der Waals surface area (Å²) in [6.45, 7) is 4.37. The van der Waals surface area contributed by atoms with Gasteiger partial charge in [-0.05, 0) is 51.0 Å². The minimum absolute atomic E-state index is 0.0258. The third-order valence-electron chi connectivity index (χ3n) is 3.43. The van der Waals surface area contributed by atoms with Crippen molar-refractivity contribution in [3.05, 3.63) is 35.3 Å². The lowest BCUT2D eigenvalue weighted by molar-refractivity contribution is -0.133. The van der Waals surface area contributed by atoms with E-state index in [1.54, 1.807) is 20.8 Å². The first-order chi connectivity index (χ1) is 11.4. The average Bonchev–Trinajstić information content (AvgIpc) is 2.80. The van der Waals surface area contributed by atoms with Gasteiger partial charge in [0, 0.05) is 11.8 Å². The monoisotopic (exact) mass is 361 g/mol. The average molecular weight is 361 g/mol. The van der Waals surface area contributed by atoms with Crippen molar-refractivity contribution in [3.63, 3.8) is 0 Å². The number of aryl methyl sites for hydroxylation is 1. The third kappa shape index (κ3) is 4.72. The van der Waals surface area contributed by atoms with Crippen LogP contribution in [0.3, 0.4) is 0 Å². The molecule has 2 rings (SSSR count). The van der Waals surface area contributed by atoms with Crippen molar-refractivity contribution in [3.8, 4) is 0 Å². The van der Waals surface area contributed by atoms with Gasteiger partial charge >= 0.3 is 12.3 Å². The van der Waals surface area contributed by atoms with Gasteiger partial charge in [-0.25, -0.2) is 13.8 Å². The summed E-state index contributed by atoms with van der Waals surface area (Å²) in [5.41, 5.74) is -0.586. The third-order valence-corrected chi connectivity index (χ3v) is 3.43. The largest absolute Gasteiger partial charge is 0.443 e. The molecule has 1 heterocycles. The lowest BCUT2D eigenvalue weighted by atomic mass is 10.1. The zero-order valence-electron chi connectivity index (χ0n) is 14.1. The van der Waals surface area contributed by atoms with Crippen molar-refractivity contribution >= 4 is 17.0 Å². The van der Waals surface area contributed by atoms with E-state index in [1.807, 2.05) is 0 Å². The molecule has 1 aromatic carbocycles.